The van der Waals surface area contributed by atoms with E-state index < -0.39 is 0 Å². The molecule has 1 aromatic carbocycles. The van der Waals surface area contributed by atoms with E-state index in [2.05, 4.69) is 45.9 Å². The molecule has 0 bridgehead atoms. The van der Waals surface area contributed by atoms with Crippen LogP contribution in [0.4, 0.5) is 0 Å². The molecule has 0 saturated heterocycles. The van der Waals surface area contributed by atoms with Crippen LogP contribution in [-0.4, -0.2) is 11.0 Å². The Morgan fingerprint density at radius 3 is 2.25 bits per heavy atom. The van der Waals surface area contributed by atoms with Crippen LogP contribution in [0.15, 0.2) is 18.2 Å². The van der Waals surface area contributed by atoms with Gasteiger partial charge in [-0.25, -0.2) is 0 Å². The van der Waals surface area contributed by atoms with Crippen molar-refractivity contribution >= 4 is 23.5 Å². The van der Waals surface area contributed by atoms with Gasteiger partial charge in [-0.2, -0.15) is 23.5 Å². The molecule has 90 valence electrons. The lowest BCUT2D eigenvalue weighted by molar-refractivity contribution is 1.11. The topological polar surface area (TPSA) is 0 Å². The van der Waals surface area contributed by atoms with E-state index in [4.69, 9.17) is 0 Å². The Morgan fingerprint density at radius 2 is 1.69 bits per heavy atom. The number of benzene rings is 1. The quantitative estimate of drug-likeness (QED) is 0.709. The van der Waals surface area contributed by atoms with Gasteiger partial charge in [-0.05, 0) is 29.1 Å². The number of thioether (sulfide) groups is 2. The average Bonchev–Trinajstić information content (AvgIpc) is 2.23. The molecule has 0 spiro atoms. The molecule has 0 unspecified atom stereocenters. The third-order valence-corrected chi connectivity index (χ3v) is 4.37. The third-order valence-electron chi connectivity index (χ3n) is 2.25. The fourth-order valence-corrected chi connectivity index (χ4v) is 2.90. The molecule has 0 amide bonds. The maximum Gasteiger partial charge on any atom is 0.0187 e. The summed E-state index contributed by atoms with van der Waals surface area (Å²) < 4.78 is 0. The number of hydrogen-bond donors (Lipinski definition) is 0. The van der Waals surface area contributed by atoms with Crippen LogP contribution in [0.3, 0.4) is 0 Å². The Labute approximate surface area is 109 Å². The molecule has 0 atom stereocenters. The number of aryl methyl sites for hydroxylation is 1. The zero-order chi connectivity index (χ0) is 12.0. The predicted octanol–water partition coefficient (Wildman–Crippen LogP) is 4.89. The summed E-state index contributed by atoms with van der Waals surface area (Å²) in [6.07, 6.45) is 0. The van der Waals surface area contributed by atoms with Gasteiger partial charge in [-0.1, -0.05) is 44.5 Å². The summed E-state index contributed by atoms with van der Waals surface area (Å²) >= 11 is 4.01. The third kappa shape index (κ3) is 5.31. The van der Waals surface area contributed by atoms with Crippen molar-refractivity contribution in [2.45, 2.75) is 44.5 Å². The second-order valence-corrected chi connectivity index (χ2v) is 7.16. The molecule has 0 aromatic heterocycles. The van der Waals surface area contributed by atoms with E-state index in [0.29, 0.717) is 5.25 Å². The Balaban J connectivity index is 2.65. The molecule has 1 rings (SSSR count). The van der Waals surface area contributed by atoms with E-state index in [0.717, 1.165) is 11.5 Å². The highest BCUT2D eigenvalue weighted by Crippen LogP contribution is 2.21. The Hall–Kier alpha value is -0.0800. The van der Waals surface area contributed by atoms with Gasteiger partial charge in [0, 0.05) is 11.5 Å². The molecular formula is C14H22S2. The Morgan fingerprint density at radius 1 is 1.06 bits per heavy atom. The Bertz CT molecular complexity index is 319. The van der Waals surface area contributed by atoms with Crippen molar-refractivity contribution < 1.29 is 0 Å². The van der Waals surface area contributed by atoms with Crippen LogP contribution in [-0.2, 0) is 11.5 Å². The molecule has 0 aliphatic heterocycles. The Kier molecular flexibility index (Phi) is 6.37. The van der Waals surface area contributed by atoms with Crippen LogP contribution in [0.5, 0.6) is 0 Å². The summed E-state index contributed by atoms with van der Waals surface area (Å²) in [6.45, 7) is 8.93. The van der Waals surface area contributed by atoms with Gasteiger partial charge in [-0.3, -0.25) is 0 Å². The van der Waals surface area contributed by atoms with Gasteiger partial charge in [-0.15, -0.1) is 0 Å². The lowest BCUT2D eigenvalue weighted by atomic mass is 10.1. The molecule has 0 N–H and O–H groups in total. The summed E-state index contributed by atoms with van der Waals surface area (Å²) in [5, 5.41) is 0.717. The highest BCUT2D eigenvalue weighted by atomic mass is 32.2. The van der Waals surface area contributed by atoms with Crippen molar-refractivity contribution in [3.63, 3.8) is 0 Å². The molecule has 16 heavy (non-hydrogen) atoms. The van der Waals surface area contributed by atoms with Crippen LogP contribution in [0.25, 0.3) is 0 Å². The smallest absolute Gasteiger partial charge is 0.0187 e. The standard InChI is InChI=1S/C14H22S2/c1-5-15-9-13-6-12(4)7-14(8-13)10-16-11(2)3/h6-8,11H,5,9-10H2,1-4H3. The average molecular weight is 254 g/mol. The van der Waals surface area contributed by atoms with Gasteiger partial charge in [0.2, 0.25) is 0 Å². The molecule has 0 aliphatic carbocycles. The first-order valence-corrected chi connectivity index (χ1v) is 8.11. The van der Waals surface area contributed by atoms with Crippen molar-refractivity contribution in [2.24, 2.45) is 0 Å². The zero-order valence-corrected chi connectivity index (χ0v) is 12.4. The van der Waals surface area contributed by atoms with Crippen molar-refractivity contribution in [1.82, 2.24) is 0 Å². The fraction of sp³-hybridized carbons (Fsp3) is 0.571. The van der Waals surface area contributed by atoms with E-state index >= 15 is 0 Å². The molecule has 2 heteroatoms. The molecule has 1 aromatic rings. The van der Waals surface area contributed by atoms with Crippen molar-refractivity contribution in [3.05, 3.63) is 34.9 Å². The summed E-state index contributed by atoms with van der Waals surface area (Å²) in [6, 6.07) is 6.99. The lowest BCUT2D eigenvalue weighted by Crippen LogP contribution is -1.92. The van der Waals surface area contributed by atoms with Gasteiger partial charge >= 0.3 is 0 Å². The van der Waals surface area contributed by atoms with Gasteiger partial charge in [0.25, 0.3) is 0 Å². The molecule has 0 aliphatic rings. The lowest BCUT2D eigenvalue weighted by Gasteiger charge is -2.09. The van der Waals surface area contributed by atoms with Gasteiger partial charge < -0.3 is 0 Å². The largest absolute Gasteiger partial charge is 0.157 e. The van der Waals surface area contributed by atoms with Crippen molar-refractivity contribution in [2.75, 3.05) is 5.75 Å². The first-order chi connectivity index (χ1) is 7.61. The van der Waals surface area contributed by atoms with Crippen LogP contribution in [0.1, 0.15) is 37.5 Å². The second-order valence-electron chi connectivity index (χ2n) is 4.32. The van der Waals surface area contributed by atoms with Crippen LogP contribution < -0.4 is 0 Å². The van der Waals surface area contributed by atoms with Gasteiger partial charge in [0.15, 0.2) is 0 Å². The van der Waals surface area contributed by atoms with Gasteiger partial charge in [0.05, 0.1) is 0 Å². The maximum atomic E-state index is 2.37. The molecule has 0 fully saturated rings. The minimum absolute atomic E-state index is 0.717. The number of rotatable bonds is 6. The summed E-state index contributed by atoms with van der Waals surface area (Å²) in [5.41, 5.74) is 4.35. The first kappa shape index (κ1) is 14.0. The van der Waals surface area contributed by atoms with E-state index in [1.807, 2.05) is 23.5 Å². The molecule has 0 radical (unpaired) electrons. The molecule has 0 heterocycles. The molecular weight excluding hydrogens is 232 g/mol. The summed E-state index contributed by atoms with van der Waals surface area (Å²) in [5.74, 6) is 3.49. The van der Waals surface area contributed by atoms with E-state index in [9.17, 15) is 0 Å². The first-order valence-electron chi connectivity index (χ1n) is 5.90. The second kappa shape index (κ2) is 7.29. The van der Waals surface area contributed by atoms with Crippen LogP contribution >= 0.6 is 23.5 Å². The van der Waals surface area contributed by atoms with Crippen molar-refractivity contribution in [3.8, 4) is 0 Å². The minimum Gasteiger partial charge on any atom is -0.157 e. The normalized spacial score (nSPS) is 11.1. The maximum absolute atomic E-state index is 2.37. The number of hydrogen-bond acceptors (Lipinski definition) is 2. The van der Waals surface area contributed by atoms with E-state index in [-0.39, 0.29) is 0 Å². The molecule has 0 nitrogen and oxygen atoms in total. The summed E-state index contributed by atoms with van der Waals surface area (Å²) in [7, 11) is 0. The van der Waals surface area contributed by atoms with E-state index in [1.54, 1.807) is 0 Å². The SMILES string of the molecule is CCSCc1cc(C)cc(CSC(C)C)c1. The molecule has 0 saturated carbocycles. The minimum atomic E-state index is 0.717. The summed E-state index contributed by atoms with van der Waals surface area (Å²) in [4.78, 5) is 0. The zero-order valence-electron chi connectivity index (χ0n) is 10.7. The highest BCUT2D eigenvalue weighted by molar-refractivity contribution is 7.99. The van der Waals surface area contributed by atoms with Gasteiger partial charge in [0.1, 0.15) is 0 Å². The van der Waals surface area contributed by atoms with Crippen molar-refractivity contribution in [1.29, 1.82) is 0 Å². The predicted molar refractivity (Wildman–Crippen MR) is 79.4 cm³/mol. The highest BCUT2D eigenvalue weighted by Gasteiger charge is 2.01. The fourth-order valence-electron chi connectivity index (χ4n) is 1.60. The monoisotopic (exact) mass is 254 g/mol. The van der Waals surface area contributed by atoms with Crippen LogP contribution in [0.2, 0.25) is 0 Å². The van der Waals surface area contributed by atoms with Crippen LogP contribution in [0, 0.1) is 6.92 Å². The van der Waals surface area contributed by atoms with E-state index in [1.165, 1.54) is 22.4 Å².